The van der Waals surface area contributed by atoms with E-state index in [0.29, 0.717) is 21.3 Å². The summed E-state index contributed by atoms with van der Waals surface area (Å²) in [6.45, 7) is 0.130. The first-order valence-corrected chi connectivity index (χ1v) is 6.73. The molecule has 0 bridgehead atoms. The van der Waals surface area contributed by atoms with Gasteiger partial charge in [-0.15, -0.1) is 0 Å². The predicted molar refractivity (Wildman–Crippen MR) is 78.2 cm³/mol. The molecule has 0 N–H and O–H groups in total. The van der Waals surface area contributed by atoms with Crippen LogP contribution in [0.5, 0.6) is 0 Å². The monoisotopic (exact) mass is 349 g/mol. The Balaban J connectivity index is 2.11. The number of nitro groups is 1. The second-order valence-electron chi connectivity index (χ2n) is 4.29. The second kappa shape index (κ2) is 5.13. The van der Waals surface area contributed by atoms with Gasteiger partial charge in [0.2, 0.25) is 0 Å². The van der Waals surface area contributed by atoms with Gasteiger partial charge in [0, 0.05) is 12.3 Å². The topological polar surface area (TPSA) is 91.2 Å². The highest BCUT2D eigenvalue weighted by molar-refractivity contribution is 9.10. The van der Waals surface area contributed by atoms with Gasteiger partial charge in [-0.05, 0) is 33.6 Å². The lowest BCUT2D eigenvalue weighted by Crippen LogP contribution is -2.15. The summed E-state index contributed by atoms with van der Waals surface area (Å²) in [5.74, 6) is -0.554. The molecule has 0 aliphatic carbocycles. The Labute approximate surface area is 126 Å². The Morgan fingerprint density at radius 1 is 1.33 bits per heavy atom. The first-order chi connectivity index (χ1) is 10.1. The molecule has 21 heavy (non-hydrogen) atoms. The quantitative estimate of drug-likeness (QED) is 0.535. The average molecular weight is 350 g/mol. The van der Waals surface area contributed by atoms with Crippen LogP contribution >= 0.6 is 15.9 Å². The lowest BCUT2D eigenvalue weighted by atomic mass is 10.2. The molecule has 2 heterocycles. The van der Waals surface area contributed by atoms with E-state index in [-0.39, 0.29) is 12.2 Å². The first kappa shape index (κ1) is 13.5. The minimum atomic E-state index is -0.554. The third kappa shape index (κ3) is 2.33. The SMILES string of the molecule is O=c1oc2cccnc2n1Cc1cccc([N+](=O)[O-])c1Br. The normalized spacial score (nSPS) is 10.9. The molecule has 0 radical (unpaired) electrons. The number of halogens is 1. The Bertz CT molecular complexity index is 900. The molecule has 2 aromatic heterocycles. The van der Waals surface area contributed by atoms with Gasteiger partial charge in [0.15, 0.2) is 11.2 Å². The van der Waals surface area contributed by atoms with E-state index >= 15 is 0 Å². The number of nitro benzene ring substituents is 1. The largest absolute Gasteiger partial charge is 0.421 e. The van der Waals surface area contributed by atoms with Gasteiger partial charge in [-0.3, -0.25) is 14.7 Å². The molecular weight excluding hydrogens is 342 g/mol. The van der Waals surface area contributed by atoms with E-state index in [2.05, 4.69) is 20.9 Å². The standard InChI is InChI=1S/C13H8BrN3O4/c14-11-8(3-1-4-9(11)17(19)20)7-16-12-10(21-13(16)18)5-2-6-15-12/h1-6H,7H2. The molecule has 106 valence electrons. The Morgan fingerprint density at radius 3 is 2.90 bits per heavy atom. The highest BCUT2D eigenvalue weighted by Crippen LogP contribution is 2.29. The summed E-state index contributed by atoms with van der Waals surface area (Å²) in [7, 11) is 0. The minimum Gasteiger partial charge on any atom is -0.406 e. The Kier molecular flexibility index (Phi) is 3.30. The molecule has 8 heteroatoms. The average Bonchev–Trinajstić information content (AvgIpc) is 2.77. The molecule has 0 unspecified atom stereocenters. The van der Waals surface area contributed by atoms with Crippen molar-refractivity contribution in [3.8, 4) is 0 Å². The zero-order valence-electron chi connectivity index (χ0n) is 10.5. The number of pyridine rings is 1. The molecule has 0 saturated heterocycles. The van der Waals surface area contributed by atoms with E-state index in [0.717, 1.165) is 0 Å². The summed E-state index contributed by atoms with van der Waals surface area (Å²) in [6, 6.07) is 7.97. The lowest BCUT2D eigenvalue weighted by molar-refractivity contribution is -0.385. The van der Waals surface area contributed by atoms with Crippen LogP contribution in [0.4, 0.5) is 5.69 Å². The van der Waals surface area contributed by atoms with Crippen molar-refractivity contribution in [1.29, 1.82) is 0 Å². The lowest BCUT2D eigenvalue weighted by Gasteiger charge is -2.05. The molecular formula is C13H8BrN3O4. The van der Waals surface area contributed by atoms with E-state index in [1.54, 1.807) is 30.5 Å². The van der Waals surface area contributed by atoms with Crippen molar-refractivity contribution in [3.05, 3.63) is 67.2 Å². The molecule has 7 nitrogen and oxygen atoms in total. The smallest absolute Gasteiger partial charge is 0.406 e. The highest BCUT2D eigenvalue weighted by atomic mass is 79.9. The van der Waals surface area contributed by atoms with E-state index in [1.807, 2.05) is 0 Å². The highest BCUT2D eigenvalue weighted by Gasteiger charge is 2.17. The van der Waals surface area contributed by atoms with Gasteiger partial charge in [0.1, 0.15) is 4.47 Å². The van der Waals surface area contributed by atoms with Gasteiger partial charge < -0.3 is 4.42 Å². The Hall–Kier alpha value is -2.48. The van der Waals surface area contributed by atoms with Crippen molar-refractivity contribution in [2.75, 3.05) is 0 Å². The van der Waals surface area contributed by atoms with Crippen LogP contribution in [0.1, 0.15) is 5.56 Å². The van der Waals surface area contributed by atoms with Crippen molar-refractivity contribution < 1.29 is 9.34 Å². The number of aromatic nitrogens is 2. The maximum Gasteiger partial charge on any atom is 0.421 e. The van der Waals surface area contributed by atoms with Crippen LogP contribution < -0.4 is 5.76 Å². The van der Waals surface area contributed by atoms with Gasteiger partial charge in [-0.1, -0.05) is 12.1 Å². The van der Waals surface area contributed by atoms with Crippen LogP contribution in [0, 0.1) is 10.1 Å². The van der Waals surface area contributed by atoms with Crippen molar-refractivity contribution >= 4 is 32.8 Å². The van der Waals surface area contributed by atoms with E-state index in [1.165, 1.54) is 10.6 Å². The third-order valence-corrected chi connectivity index (χ3v) is 3.92. The molecule has 0 aliphatic rings. The number of benzene rings is 1. The van der Waals surface area contributed by atoms with Crippen LogP contribution in [-0.4, -0.2) is 14.5 Å². The molecule has 1 aromatic carbocycles. The second-order valence-corrected chi connectivity index (χ2v) is 5.08. The predicted octanol–water partition coefficient (Wildman–Crippen LogP) is 2.71. The summed E-state index contributed by atoms with van der Waals surface area (Å²) in [4.78, 5) is 26.4. The fourth-order valence-electron chi connectivity index (χ4n) is 2.04. The van der Waals surface area contributed by atoms with Crippen molar-refractivity contribution in [3.63, 3.8) is 0 Å². The van der Waals surface area contributed by atoms with Crippen LogP contribution in [0.15, 0.2) is 50.2 Å². The van der Waals surface area contributed by atoms with Crippen molar-refractivity contribution in [1.82, 2.24) is 9.55 Å². The maximum absolute atomic E-state index is 11.9. The fourth-order valence-corrected chi connectivity index (χ4v) is 2.57. The zero-order valence-corrected chi connectivity index (χ0v) is 12.1. The molecule has 0 amide bonds. The number of hydrogen-bond donors (Lipinski definition) is 0. The Morgan fingerprint density at radius 2 is 2.14 bits per heavy atom. The van der Waals surface area contributed by atoms with Crippen LogP contribution in [0.3, 0.4) is 0 Å². The van der Waals surface area contributed by atoms with Crippen LogP contribution in [0.25, 0.3) is 11.2 Å². The zero-order chi connectivity index (χ0) is 15.0. The van der Waals surface area contributed by atoms with Crippen LogP contribution in [-0.2, 0) is 6.54 Å². The molecule has 0 fully saturated rings. The summed E-state index contributed by atoms with van der Waals surface area (Å²) in [6.07, 6.45) is 1.55. The first-order valence-electron chi connectivity index (χ1n) is 5.94. The molecule has 3 aromatic rings. The molecule has 0 saturated carbocycles. The maximum atomic E-state index is 11.9. The van der Waals surface area contributed by atoms with Gasteiger partial charge in [0.05, 0.1) is 11.5 Å². The number of hydrogen-bond acceptors (Lipinski definition) is 5. The summed E-state index contributed by atoms with van der Waals surface area (Å²) < 4.78 is 6.76. The number of rotatable bonds is 3. The minimum absolute atomic E-state index is 0.0543. The molecule has 3 rings (SSSR count). The van der Waals surface area contributed by atoms with Crippen LogP contribution in [0.2, 0.25) is 0 Å². The van der Waals surface area contributed by atoms with Gasteiger partial charge >= 0.3 is 5.76 Å². The number of nitrogens with zero attached hydrogens (tertiary/aromatic N) is 3. The number of oxazole rings is 1. The van der Waals surface area contributed by atoms with Gasteiger partial charge in [-0.2, -0.15) is 0 Å². The van der Waals surface area contributed by atoms with E-state index in [9.17, 15) is 14.9 Å². The fraction of sp³-hybridized carbons (Fsp3) is 0.0769. The summed E-state index contributed by atoms with van der Waals surface area (Å²) >= 11 is 3.21. The molecule has 0 aliphatic heterocycles. The summed E-state index contributed by atoms with van der Waals surface area (Å²) in [5, 5.41) is 10.9. The third-order valence-electron chi connectivity index (χ3n) is 3.01. The number of fused-ring (bicyclic) bond motifs is 1. The summed E-state index contributed by atoms with van der Waals surface area (Å²) in [5.41, 5.74) is 1.32. The van der Waals surface area contributed by atoms with E-state index < -0.39 is 10.7 Å². The van der Waals surface area contributed by atoms with Gasteiger partial charge in [-0.25, -0.2) is 9.78 Å². The van der Waals surface area contributed by atoms with E-state index in [4.69, 9.17) is 4.42 Å². The van der Waals surface area contributed by atoms with Crippen molar-refractivity contribution in [2.45, 2.75) is 6.54 Å². The molecule has 0 atom stereocenters. The molecule has 0 spiro atoms. The van der Waals surface area contributed by atoms with Crippen molar-refractivity contribution in [2.24, 2.45) is 0 Å². The van der Waals surface area contributed by atoms with Gasteiger partial charge in [0.25, 0.3) is 5.69 Å².